The molecule has 0 bridgehead atoms. The molecule has 0 saturated carbocycles. The summed E-state index contributed by atoms with van der Waals surface area (Å²) in [6.07, 6.45) is 0. The predicted octanol–water partition coefficient (Wildman–Crippen LogP) is 28.8. The van der Waals surface area contributed by atoms with Gasteiger partial charge in [0.15, 0.2) is 0 Å². The van der Waals surface area contributed by atoms with Crippen LogP contribution in [0, 0.1) is 0 Å². The number of hydrogen-bond donors (Lipinski definition) is 0. The van der Waals surface area contributed by atoms with Crippen molar-refractivity contribution >= 4 is 162 Å². The van der Waals surface area contributed by atoms with E-state index in [2.05, 4.69) is 341 Å². The molecule has 0 aliphatic heterocycles. The van der Waals surface area contributed by atoms with Crippen molar-refractivity contribution in [2.45, 2.75) is 19.3 Å². The van der Waals surface area contributed by atoms with E-state index < -0.39 is 0 Å². The highest BCUT2D eigenvalue weighted by Gasteiger charge is 2.36. The topological polar surface area (TPSA) is 26.3 Å². The van der Waals surface area contributed by atoms with E-state index in [9.17, 15) is 0 Å². The Bertz CT molecular complexity index is 7450. The molecule has 23 rings (SSSR count). The monoisotopic (exact) mass is 1300 g/mol. The molecule has 2 heteroatoms. The molecular formula is C101H60O2. The Morgan fingerprint density at radius 3 is 1.16 bits per heavy atom. The van der Waals surface area contributed by atoms with Crippen molar-refractivity contribution in [3.63, 3.8) is 0 Å². The zero-order valence-corrected chi connectivity index (χ0v) is 56.5. The van der Waals surface area contributed by atoms with Crippen LogP contribution < -0.4 is 0 Å². The third kappa shape index (κ3) is 7.98. The first-order chi connectivity index (χ1) is 50.8. The highest BCUT2D eigenvalue weighted by atomic mass is 16.3. The predicted molar refractivity (Wildman–Crippen MR) is 438 cm³/mol. The van der Waals surface area contributed by atoms with Crippen molar-refractivity contribution in [3.8, 4) is 66.8 Å². The fourth-order valence-electron chi connectivity index (χ4n) is 18.9. The van der Waals surface area contributed by atoms with Crippen LogP contribution in [0.5, 0.6) is 0 Å². The SMILES string of the molecule is CC1(C)c2cc(-c3c4ccccc4c(-c4cccc5oc6cc7ccccc7cc6c45)c4ccccc34)cc3ccc4cc(-c5ccc(-c6c7ccccc7c(-c7ccc(-c8c9ccccc9cc9ccc%10ccccc%10c89)cc7)c7ccccc67)c6c5oc5cc7ccccc7cc56)cc1c4c23. The molecule has 0 spiro atoms. The molecule has 103 heavy (non-hydrogen) atoms. The number of rotatable bonds is 6. The minimum Gasteiger partial charge on any atom is -0.456 e. The smallest absolute Gasteiger partial charge is 0.143 e. The van der Waals surface area contributed by atoms with E-state index in [1.807, 2.05) is 0 Å². The zero-order chi connectivity index (χ0) is 67.5. The van der Waals surface area contributed by atoms with Gasteiger partial charge in [0.05, 0.1) is 0 Å². The first kappa shape index (κ1) is 56.7. The van der Waals surface area contributed by atoms with Crippen molar-refractivity contribution in [2.75, 3.05) is 0 Å². The summed E-state index contributed by atoms with van der Waals surface area (Å²) < 4.78 is 14.2. The fraction of sp³-hybridized carbons (Fsp3) is 0.0297. The summed E-state index contributed by atoms with van der Waals surface area (Å²) >= 11 is 0. The van der Waals surface area contributed by atoms with E-state index in [1.54, 1.807) is 0 Å². The Kier molecular flexibility index (Phi) is 11.5. The van der Waals surface area contributed by atoms with Crippen molar-refractivity contribution < 1.29 is 8.83 Å². The molecule has 476 valence electrons. The normalized spacial score (nSPS) is 13.0. The maximum Gasteiger partial charge on any atom is 0.143 e. The summed E-state index contributed by atoms with van der Waals surface area (Å²) in [5, 5.41) is 31.6. The van der Waals surface area contributed by atoms with Gasteiger partial charge in [0.2, 0.25) is 0 Å². The lowest BCUT2D eigenvalue weighted by atomic mass is 9.79. The maximum absolute atomic E-state index is 7.47. The van der Waals surface area contributed by atoms with Crippen LogP contribution in [0.15, 0.2) is 336 Å². The van der Waals surface area contributed by atoms with Crippen LogP contribution in [0.1, 0.15) is 25.0 Å². The lowest BCUT2D eigenvalue weighted by molar-refractivity contribution is 0.662. The van der Waals surface area contributed by atoms with Crippen LogP contribution in [0.2, 0.25) is 0 Å². The standard InChI is InChI=1S/C101H60O2/c1-101(2)85-53-68(49-66-44-45-67-50-69(54-86(101)95(67)94(66)85)91-75-30-13-17-34-79(75)96(80-35-18-14-31-76(80)91)81-36-19-37-87-98(81)83-51-60-21-3-5-23-62(60)55-88(83)102-87)72-46-47-82(99-84-52-61-22-4-6-24-63(61)56-89(84)103-100(72)99)97-77-32-15-11-28-73(77)90(74-29-12-16-33-78(74)97)58-39-41-59(42-40-58)92-71-27-10-8-25-64(71)48-65-43-38-57-20-7-9-26-70(57)93(65)92/h3-56H,1-2H3. The van der Waals surface area contributed by atoms with E-state index in [0.29, 0.717) is 0 Å². The van der Waals surface area contributed by atoms with Gasteiger partial charge in [-0.1, -0.05) is 275 Å². The lowest BCUT2D eigenvalue weighted by Gasteiger charge is -2.24. The zero-order valence-electron chi connectivity index (χ0n) is 56.5. The quantitative estimate of drug-likeness (QED) is 0.123. The summed E-state index contributed by atoms with van der Waals surface area (Å²) in [6.45, 7) is 4.88. The summed E-state index contributed by atoms with van der Waals surface area (Å²) in [5.41, 5.74) is 20.2. The second-order valence-electron chi connectivity index (χ2n) is 29.2. The van der Waals surface area contributed by atoms with Crippen molar-refractivity contribution in [1.29, 1.82) is 0 Å². The second-order valence-corrected chi connectivity index (χ2v) is 29.2. The summed E-state index contributed by atoms with van der Waals surface area (Å²) in [6, 6.07) is 123. The van der Waals surface area contributed by atoms with E-state index in [0.717, 1.165) is 66.0 Å². The average Bonchev–Trinajstić information content (AvgIpc) is 1.63. The molecule has 2 aromatic heterocycles. The van der Waals surface area contributed by atoms with Gasteiger partial charge in [0, 0.05) is 32.5 Å². The van der Waals surface area contributed by atoms with E-state index in [1.165, 1.54) is 174 Å². The van der Waals surface area contributed by atoms with Crippen molar-refractivity contribution in [1.82, 2.24) is 0 Å². The Morgan fingerprint density at radius 1 is 0.194 bits per heavy atom. The van der Waals surface area contributed by atoms with Gasteiger partial charge < -0.3 is 8.83 Å². The summed E-state index contributed by atoms with van der Waals surface area (Å²) in [7, 11) is 0. The van der Waals surface area contributed by atoms with Crippen LogP contribution in [0.25, 0.3) is 229 Å². The van der Waals surface area contributed by atoms with Crippen molar-refractivity contribution in [2.24, 2.45) is 0 Å². The molecule has 0 amide bonds. The lowest BCUT2D eigenvalue weighted by Crippen LogP contribution is -2.15. The molecule has 0 unspecified atom stereocenters. The number of furan rings is 2. The van der Waals surface area contributed by atoms with Gasteiger partial charge in [-0.2, -0.15) is 0 Å². The minimum absolute atomic E-state index is 0.357. The van der Waals surface area contributed by atoms with Crippen molar-refractivity contribution in [3.05, 3.63) is 339 Å². The molecule has 0 radical (unpaired) electrons. The van der Waals surface area contributed by atoms with Gasteiger partial charge in [-0.05, 0) is 258 Å². The fourth-order valence-corrected chi connectivity index (χ4v) is 18.9. The Labute approximate surface area is 592 Å². The highest BCUT2D eigenvalue weighted by molar-refractivity contribution is 6.31. The number of hydrogen-bond acceptors (Lipinski definition) is 2. The maximum atomic E-state index is 7.47. The molecule has 20 aromatic carbocycles. The molecule has 22 aromatic rings. The molecule has 0 atom stereocenters. The van der Waals surface area contributed by atoms with E-state index in [4.69, 9.17) is 8.83 Å². The average molecular weight is 1310 g/mol. The van der Waals surface area contributed by atoms with Crippen LogP contribution in [0.4, 0.5) is 0 Å². The first-order valence-electron chi connectivity index (χ1n) is 35.9. The molecule has 1 aliphatic carbocycles. The Morgan fingerprint density at radius 2 is 0.592 bits per heavy atom. The van der Waals surface area contributed by atoms with Crippen LogP contribution in [0.3, 0.4) is 0 Å². The molecule has 0 N–H and O–H groups in total. The van der Waals surface area contributed by atoms with Gasteiger partial charge in [0.1, 0.15) is 22.3 Å². The summed E-state index contributed by atoms with van der Waals surface area (Å²) in [4.78, 5) is 0. The van der Waals surface area contributed by atoms with Gasteiger partial charge >= 0.3 is 0 Å². The first-order valence-corrected chi connectivity index (χ1v) is 35.9. The van der Waals surface area contributed by atoms with Gasteiger partial charge in [-0.15, -0.1) is 0 Å². The van der Waals surface area contributed by atoms with Crippen LogP contribution in [-0.4, -0.2) is 0 Å². The minimum atomic E-state index is -0.357. The molecule has 1 aliphatic rings. The summed E-state index contributed by atoms with van der Waals surface area (Å²) in [5.74, 6) is 0. The van der Waals surface area contributed by atoms with E-state index >= 15 is 0 Å². The highest BCUT2D eigenvalue weighted by Crippen LogP contribution is 2.56. The van der Waals surface area contributed by atoms with Gasteiger partial charge in [-0.25, -0.2) is 0 Å². The van der Waals surface area contributed by atoms with Crippen LogP contribution in [-0.2, 0) is 5.41 Å². The van der Waals surface area contributed by atoms with E-state index in [-0.39, 0.29) is 5.41 Å². The molecule has 0 fully saturated rings. The van der Waals surface area contributed by atoms with Gasteiger partial charge in [0.25, 0.3) is 0 Å². The van der Waals surface area contributed by atoms with Crippen LogP contribution >= 0.6 is 0 Å². The third-order valence-corrected chi connectivity index (χ3v) is 23.4. The Balaban J connectivity index is 0.686. The molecule has 2 nitrogen and oxygen atoms in total. The number of benzene rings is 20. The molecular weight excluding hydrogens is 1250 g/mol. The largest absolute Gasteiger partial charge is 0.456 e. The van der Waals surface area contributed by atoms with Gasteiger partial charge in [-0.3, -0.25) is 0 Å². The Hall–Kier alpha value is -13.1. The molecule has 2 heterocycles. The number of fused-ring (bicyclic) bond motifs is 16. The molecule has 0 saturated heterocycles. The second kappa shape index (κ2) is 21.0. The third-order valence-electron chi connectivity index (χ3n) is 23.4.